The van der Waals surface area contributed by atoms with Gasteiger partial charge in [0.1, 0.15) is 6.10 Å². The van der Waals surface area contributed by atoms with Crippen LogP contribution in [0, 0.1) is 0 Å². The Labute approximate surface area is 80.4 Å². The maximum Gasteiger partial charge on any atom is 0.378 e. The van der Waals surface area contributed by atoms with Crippen molar-refractivity contribution in [2.75, 3.05) is 13.2 Å². The summed E-state index contributed by atoms with van der Waals surface area (Å²) in [5.74, 6) is -1.73. The fourth-order valence-electron chi connectivity index (χ4n) is 1.12. The number of aliphatic hydroxyl groups excluding tert-OH is 3. The van der Waals surface area contributed by atoms with Gasteiger partial charge in [-0.05, 0) is 6.92 Å². The van der Waals surface area contributed by atoms with Gasteiger partial charge in [-0.25, -0.2) is 4.79 Å². The van der Waals surface area contributed by atoms with Crippen LogP contribution < -0.4 is 0 Å². The fraction of sp³-hybridized carbons (Fsp3) is 0.625. The van der Waals surface area contributed by atoms with Gasteiger partial charge in [-0.1, -0.05) is 0 Å². The summed E-state index contributed by atoms with van der Waals surface area (Å²) in [6.45, 7) is 1.30. The summed E-state index contributed by atoms with van der Waals surface area (Å²) >= 11 is 0. The van der Waals surface area contributed by atoms with Crippen LogP contribution in [-0.2, 0) is 14.3 Å². The molecule has 80 valence electrons. The van der Waals surface area contributed by atoms with Gasteiger partial charge >= 0.3 is 5.97 Å². The molecule has 6 heteroatoms. The number of carbonyl (C=O) groups excluding carboxylic acids is 1. The van der Waals surface area contributed by atoms with Gasteiger partial charge in [0.2, 0.25) is 5.76 Å². The molecule has 0 saturated carbocycles. The Hall–Kier alpha value is -1.27. The molecule has 3 N–H and O–H groups in total. The monoisotopic (exact) mass is 204 g/mol. The van der Waals surface area contributed by atoms with Gasteiger partial charge < -0.3 is 24.8 Å². The van der Waals surface area contributed by atoms with Crippen LogP contribution in [0.5, 0.6) is 0 Å². The Bertz CT molecular complexity index is 259. The third-order valence-corrected chi connectivity index (χ3v) is 1.76. The van der Waals surface area contributed by atoms with Crippen LogP contribution in [-0.4, -0.2) is 46.7 Å². The van der Waals surface area contributed by atoms with Gasteiger partial charge in [0.15, 0.2) is 11.9 Å². The molecular weight excluding hydrogens is 192 g/mol. The van der Waals surface area contributed by atoms with Crippen molar-refractivity contribution in [1.29, 1.82) is 0 Å². The summed E-state index contributed by atoms with van der Waals surface area (Å²) in [7, 11) is 0. The molecule has 6 nitrogen and oxygen atoms in total. The van der Waals surface area contributed by atoms with E-state index < -0.39 is 30.5 Å². The Kier molecular flexibility index (Phi) is 3.32. The highest BCUT2D eigenvalue weighted by atomic mass is 16.6. The Morgan fingerprint density at radius 1 is 1.64 bits per heavy atom. The maximum absolute atomic E-state index is 10.9. The quantitative estimate of drug-likeness (QED) is 0.512. The molecule has 0 fully saturated rings. The third kappa shape index (κ3) is 1.80. The molecule has 0 bridgehead atoms. The number of aliphatic hydroxyl groups is 3. The van der Waals surface area contributed by atoms with Crippen molar-refractivity contribution < 1.29 is 29.6 Å². The van der Waals surface area contributed by atoms with Gasteiger partial charge in [0.05, 0.1) is 13.2 Å². The van der Waals surface area contributed by atoms with Crippen molar-refractivity contribution in [1.82, 2.24) is 0 Å². The number of hydrogen-bond donors (Lipinski definition) is 3. The van der Waals surface area contributed by atoms with E-state index >= 15 is 0 Å². The van der Waals surface area contributed by atoms with E-state index in [0.29, 0.717) is 0 Å². The molecule has 1 aliphatic heterocycles. The highest BCUT2D eigenvalue weighted by Crippen LogP contribution is 2.24. The SMILES string of the molecule is CCOC1=C(O)C(=O)O[C@@H]1C(O)CO. The molecule has 0 spiro atoms. The smallest absolute Gasteiger partial charge is 0.378 e. The number of esters is 1. The first-order valence-electron chi connectivity index (χ1n) is 4.17. The fourth-order valence-corrected chi connectivity index (χ4v) is 1.12. The van der Waals surface area contributed by atoms with E-state index in [-0.39, 0.29) is 12.4 Å². The molecule has 0 aromatic rings. The van der Waals surface area contributed by atoms with Gasteiger partial charge in [-0.3, -0.25) is 0 Å². The lowest BCUT2D eigenvalue weighted by Gasteiger charge is -2.17. The van der Waals surface area contributed by atoms with Crippen LogP contribution in [0.15, 0.2) is 11.5 Å². The summed E-state index contributed by atoms with van der Waals surface area (Å²) in [5, 5.41) is 27.1. The zero-order valence-corrected chi connectivity index (χ0v) is 7.64. The van der Waals surface area contributed by atoms with Crippen LogP contribution in [0.3, 0.4) is 0 Å². The number of ether oxygens (including phenoxy) is 2. The minimum Gasteiger partial charge on any atom is -0.499 e. The predicted molar refractivity (Wildman–Crippen MR) is 44.3 cm³/mol. The number of rotatable bonds is 4. The van der Waals surface area contributed by atoms with Crippen molar-refractivity contribution in [3.8, 4) is 0 Å². The largest absolute Gasteiger partial charge is 0.499 e. The summed E-state index contributed by atoms with van der Waals surface area (Å²) < 4.78 is 9.53. The van der Waals surface area contributed by atoms with Gasteiger partial charge in [0, 0.05) is 0 Å². The molecule has 0 amide bonds. The van der Waals surface area contributed by atoms with Crippen LogP contribution in [0.4, 0.5) is 0 Å². The third-order valence-electron chi connectivity index (χ3n) is 1.76. The average Bonchev–Trinajstić information content (AvgIpc) is 2.45. The van der Waals surface area contributed by atoms with Gasteiger partial charge in [0.25, 0.3) is 0 Å². The number of carbonyl (C=O) groups is 1. The minimum atomic E-state index is -1.29. The van der Waals surface area contributed by atoms with E-state index in [1.54, 1.807) is 6.92 Å². The molecule has 0 aliphatic carbocycles. The molecule has 0 aromatic carbocycles. The molecule has 14 heavy (non-hydrogen) atoms. The second-order valence-corrected chi connectivity index (χ2v) is 2.72. The summed E-state index contributed by atoms with van der Waals surface area (Å²) in [6, 6.07) is 0. The minimum absolute atomic E-state index is 0.126. The predicted octanol–water partition coefficient (Wildman–Crippen LogP) is -0.929. The van der Waals surface area contributed by atoms with Crippen molar-refractivity contribution in [2.45, 2.75) is 19.1 Å². The van der Waals surface area contributed by atoms with E-state index in [1.807, 2.05) is 0 Å². The van der Waals surface area contributed by atoms with E-state index in [0.717, 1.165) is 0 Å². The molecule has 0 saturated heterocycles. The molecular formula is C8H12O6. The first-order valence-corrected chi connectivity index (χ1v) is 4.17. The normalized spacial score (nSPS) is 23.6. The van der Waals surface area contributed by atoms with Crippen molar-refractivity contribution in [3.05, 3.63) is 11.5 Å². The summed E-state index contributed by atoms with van der Waals surface area (Å²) in [5.41, 5.74) is 0. The van der Waals surface area contributed by atoms with Crippen LogP contribution in [0.1, 0.15) is 6.92 Å². The highest BCUT2D eigenvalue weighted by Gasteiger charge is 2.40. The van der Waals surface area contributed by atoms with E-state index in [2.05, 4.69) is 4.74 Å². The highest BCUT2D eigenvalue weighted by molar-refractivity contribution is 5.89. The Morgan fingerprint density at radius 2 is 2.29 bits per heavy atom. The first kappa shape index (κ1) is 10.8. The number of hydrogen-bond acceptors (Lipinski definition) is 6. The lowest BCUT2D eigenvalue weighted by atomic mass is 10.2. The number of cyclic esters (lactones) is 1. The summed E-state index contributed by atoms with van der Waals surface area (Å²) in [6.07, 6.45) is -2.41. The lowest BCUT2D eigenvalue weighted by molar-refractivity contribution is -0.148. The second kappa shape index (κ2) is 4.30. The Morgan fingerprint density at radius 3 is 2.79 bits per heavy atom. The zero-order valence-electron chi connectivity index (χ0n) is 7.64. The van der Waals surface area contributed by atoms with Crippen molar-refractivity contribution >= 4 is 5.97 Å². The average molecular weight is 204 g/mol. The molecule has 0 radical (unpaired) electrons. The first-order chi connectivity index (χ1) is 6.61. The molecule has 1 aliphatic rings. The standard InChI is InChI=1S/C8H12O6/c1-2-13-7-5(11)8(12)14-6(7)4(10)3-9/h4,6,9-11H,2-3H2,1H3/t4?,6-/m1/s1. The zero-order chi connectivity index (χ0) is 10.7. The van der Waals surface area contributed by atoms with E-state index in [4.69, 9.17) is 9.84 Å². The summed E-state index contributed by atoms with van der Waals surface area (Å²) in [4.78, 5) is 10.9. The van der Waals surface area contributed by atoms with Crippen LogP contribution in [0.2, 0.25) is 0 Å². The van der Waals surface area contributed by atoms with Crippen LogP contribution in [0.25, 0.3) is 0 Å². The molecule has 1 heterocycles. The van der Waals surface area contributed by atoms with Crippen molar-refractivity contribution in [3.63, 3.8) is 0 Å². The van der Waals surface area contributed by atoms with Gasteiger partial charge in [-0.2, -0.15) is 0 Å². The topological polar surface area (TPSA) is 96.2 Å². The lowest BCUT2D eigenvalue weighted by Crippen LogP contribution is -2.32. The molecule has 0 aromatic heterocycles. The molecule has 1 rings (SSSR count). The van der Waals surface area contributed by atoms with Crippen molar-refractivity contribution in [2.24, 2.45) is 0 Å². The van der Waals surface area contributed by atoms with E-state index in [1.165, 1.54) is 0 Å². The Balaban J connectivity index is 2.84. The second-order valence-electron chi connectivity index (χ2n) is 2.72. The molecule has 1 unspecified atom stereocenters. The van der Waals surface area contributed by atoms with E-state index in [9.17, 15) is 15.0 Å². The maximum atomic E-state index is 10.9. The molecule has 2 atom stereocenters. The van der Waals surface area contributed by atoms with Crippen LogP contribution >= 0.6 is 0 Å². The van der Waals surface area contributed by atoms with Gasteiger partial charge in [-0.15, -0.1) is 0 Å².